The van der Waals surface area contributed by atoms with Crippen molar-refractivity contribution in [2.45, 2.75) is 57.5 Å². The van der Waals surface area contributed by atoms with Gasteiger partial charge < -0.3 is 14.9 Å². The number of nitrogens with zero attached hydrogens (tertiary/aromatic N) is 3. The highest BCUT2D eigenvalue weighted by molar-refractivity contribution is 6.05. The van der Waals surface area contributed by atoms with Crippen molar-refractivity contribution >= 4 is 23.8 Å². The van der Waals surface area contributed by atoms with Crippen molar-refractivity contribution in [3.8, 4) is 0 Å². The third-order valence-corrected chi connectivity index (χ3v) is 7.09. The second kappa shape index (κ2) is 8.32. The Morgan fingerprint density at radius 2 is 1.77 bits per heavy atom. The van der Waals surface area contributed by atoms with Gasteiger partial charge in [-0.3, -0.25) is 19.3 Å². The van der Waals surface area contributed by atoms with Gasteiger partial charge in [-0.2, -0.15) is 0 Å². The predicted octanol–water partition coefficient (Wildman–Crippen LogP) is 2.65. The Hall–Kier alpha value is -2.90. The minimum Gasteiger partial charge on any atom is -0.481 e. The number of carboxylic acid groups (broad SMARTS) is 1. The lowest BCUT2D eigenvalue weighted by Crippen LogP contribution is -2.55. The molecule has 0 bridgehead atoms. The van der Waals surface area contributed by atoms with Crippen LogP contribution in [0.25, 0.3) is 0 Å². The van der Waals surface area contributed by atoms with Crippen LogP contribution in [0.1, 0.15) is 57.1 Å². The Bertz CT molecular complexity index is 880. The summed E-state index contributed by atoms with van der Waals surface area (Å²) in [5, 5.41) is 9.31. The van der Waals surface area contributed by atoms with Crippen molar-refractivity contribution in [3.05, 3.63) is 35.9 Å². The van der Waals surface area contributed by atoms with Crippen LogP contribution in [-0.2, 0) is 14.4 Å². The number of benzene rings is 1. The van der Waals surface area contributed by atoms with Crippen LogP contribution < -0.4 is 0 Å². The molecule has 31 heavy (non-hydrogen) atoms. The molecule has 1 N–H and O–H groups in total. The first-order chi connectivity index (χ1) is 14.8. The number of aliphatic carboxylic acids is 1. The predicted molar refractivity (Wildman–Crippen MR) is 112 cm³/mol. The molecular weight excluding hydrogens is 398 g/mol. The highest BCUT2D eigenvalue weighted by atomic mass is 16.4. The maximum Gasteiger partial charge on any atom is 0.328 e. The average Bonchev–Trinajstić information content (AvgIpc) is 3.30. The summed E-state index contributed by atoms with van der Waals surface area (Å²) in [6.07, 6.45) is 3.56. The van der Waals surface area contributed by atoms with Crippen LogP contribution in [0, 0.1) is 5.41 Å². The van der Waals surface area contributed by atoms with Crippen molar-refractivity contribution in [1.82, 2.24) is 14.7 Å². The molecule has 4 rings (SSSR count). The lowest BCUT2D eigenvalue weighted by atomic mass is 9.79. The number of piperazine rings is 1. The fourth-order valence-electron chi connectivity index (χ4n) is 5.37. The maximum atomic E-state index is 13.1. The molecule has 3 aliphatic rings. The summed E-state index contributed by atoms with van der Waals surface area (Å²) in [7, 11) is 0. The first-order valence-corrected chi connectivity index (χ1v) is 11.0. The van der Waals surface area contributed by atoms with Gasteiger partial charge in [0, 0.05) is 19.5 Å². The first kappa shape index (κ1) is 21.3. The fraction of sp³-hybridized carbons (Fsp3) is 0.565. The zero-order chi connectivity index (χ0) is 22.2. The van der Waals surface area contributed by atoms with Gasteiger partial charge in [0.1, 0.15) is 6.04 Å². The molecule has 0 unspecified atom stereocenters. The van der Waals surface area contributed by atoms with Gasteiger partial charge in [0.25, 0.3) is 5.91 Å². The van der Waals surface area contributed by atoms with E-state index in [2.05, 4.69) is 0 Å². The van der Waals surface area contributed by atoms with Gasteiger partial charge >= 0.3 is 12.0 Å². The van der Waals surface area contributed by atoms with Gasteiger partial charge in [-0.25, -0.2) is 4.79 Å². The molecule has 1 aromatic rings. The summed E-state index contributed by atoms with van der Waals surface area (Å²) in [6, 6.07) is 8.06. The number of urea groups is 1. The molecule has 1 aromatic carbocycles. The highest BCUT2D eigenvalue weighted by Crippen LogP contribution is 2.44. The van der Waals surface area contributed by atoms with Gasteiger partial charge in [0.05, 0.1) is 19.0 Å². The largest absolute Gasteiger partial charge is 0.481 e. The van der Waals surface area contributed by atoms with Crippen LogP contribution in [0.4, 0.5) is 4.79 Å². The molecule has 166 valence electrons. The molecule has 8 heteroatoms. The van der Waals surface area contributed by atoms with Crippen molar-refractivity contribution in [3.63, 3.8) is 0 Å². The Labute approximate surface area is 181 Å². The molecule has 4 amide bonds. The second-order valence-electron chi connectivity index (χ2n) is 9.08. The van der Waals surface area contributed by atoms with Crippen LogP contribution >= 0.6 is 0 Å². The van der Waals surface area contributed by atoms with Gasteiger partial charge in [0.15, 0.2) is 0 Å². The van der Waals surface area contributed by atoms with Crippen molar-refractivity contribution in [2.75, 3.05) is 19.6 Å². The third kappa shape index (κ3) is 4.03. The molecule has 0 spiro atoms. The number of carbonyl (C=O) groups is 4. The van der Waals surface area contributed by atoms with Crippen LogP contribution in [-0.4, -0.2) is 69.3 Å². The SMILES string of the molecule is C[C@@H](c1ccccc1)N1C(=O)[C@H]2CN(C(=O)CC3(CC(=O)O)CCCC3)CCN2C1=O. The zero-order valence-corrected chi connectivity index (χ0v) is 17.8. The van der Waals surface area contributed by atoms with Gasteiger partial charge in [-0.15, -0.1) is 0 Å². The van der Waals surface area contributed by atoms with E-state index in [4.69, 9.17) is 0 Å². The van der Waals surface area contributed by atoms with Crippen molar-refractivity contribution in [2.24, 2.45) is 5.41 Å². The molecule has 2 atom stereocenters. The van der Waals surface area contributed by atoms with E-state index in [1.54, 1.807) is 9.80 Å². The van der Waals surface area contributed by atoms with Crippen molar-refractivity contribution in [1.29, 1.82) is 0 Å². The van der Waals surface area contributed by atoms with E-state index in [0.717, 1.165) is 31.2 Å². The normalized spacial score (nSPS) is 23.8. The molecule has 1 aliphatic carbocycles. The summed E-state index contributed by atoms with van der Waals surface area (Å²) < 4.78 is 0. The summed E-state index contributed by atoms with van der Waals surface area (Å²) in [4.78, 5) is 55.0. The first-order valence-electron chi connectivity index (χ1n) is 11.0. The number of carboxylic acids is 1. The molecule has 3 fully saturated rings. The van der Waals surface area contributed by atoms with E-state index in [-0.39, 0.29) is 43.3 Å². The number of amides is 4. The average molecular weight is 428 g/mol. The quantitative estimate of drug-likeness (QED) is 0.704. The number of hydrogen-bond donors (Lipinski definition) is 1. The Morgan fingerprint density at radius 1 is 1.10 bits per heavy atom. The monoisotopic (exact) mass is 427 g/mol. The van der Waals surface area contributed by atoms with Crippen LogP contribution in [0.2, 0.25) is 0 Å². The Kier molecular flexibility index (Phi) is 5.73. The Balaban J connectivity index is 1.45. The van der Waals surface area contributed by atoms with Gasteiger partial charge in [-0.1, -0.05) is 43.2 Å². The summed E-state index contributed by atoms with van der Waals surface area (Å²) in [5.41, 5.74) is 0.400. The summed E-state index contributed by atoms with van der Waals surface area (Å²) >= 11 is 0. The lowest BCUT2D eigenvalue weighted by Gasteiger charge is -2.37. The second-order valence-corrected chi connectivity index (χ2v) is 9.08. The molecule has 2 saturated heterocycles. The molecular formula is C23H29N3O5. The minimum absolute atomic E-state index is 0.00190. The van der Waals surface area contributed by atoms with E-state index in [0.29, 0.717) is 13.1 Å². The molecule has 1 saturated carbocycles. The number of carbonyl (C=O) groups excluding carboxylic acids is 3. The molecule has 0 radical (unpaired) electrons. The molecule has 2 aliphatic heterocycles. The number of imide groups is 1. The maximum absolute atomic E-state index is 13.1. The van der Waals surface area contributed by atoms with Crippen LogP contribution in [0.3, 0.4) is 0 Å². The van der Waals surface area contributed by atoms with E-state index in [1.807, 2.05) is 37.3 Å². The van der Waals surface area contributed by atoms with Gasteiger partial charge in [0.2, 0.25) is 5.91 Å². The molecule has 0 aromatic heterocycles. The molecule has 2 heterocycles. The van der Waals surface area contributed by atoms with Crippen LogP contribution in [0.15, 0.2) is 30.3 Å². The summed E-state index contributed by atoms with van der Waals surface area (Å²) in [5.74, 6) is -1.26. The minimum atomic E-state index is -0.873. The zero-order valence-electron chi connectivity index (χ0n) is 17.8. The number of rotatable bonds is 6. The lowest BCUT2D eigenvalue weighted by molar-refractivity contribution is -0.142. The highest BCUT2D eigenvalue weighted by Gasteiger charge is 2.50. The number of fused-ring (bicyclic) bond motifs is 1. The topological polar surface area (TPSA) is 98.2 Å². The molecule has 8 nitrogen and oxygen atoms in total. The van der Waals surface area contributed by atoms with Crippen molar-refractivity contribution < 1.29 is 24.3 Å². The fourth-order valence-corrected chi connectivity index (χ4v) is 5.37. The van der Waals surface area contributed by atoms with E-state index in [9.17, 15) is 24.3 Å². The standard InChI is InChI=1S/C23H29N3O5/c1-16(17-7-3-2-4-8-17)26-21(30)18-15-24(11-12-25(18)22(26)31)19(27)13-23(14-20(28)29)9-5-6-10-23/h2-4,7-8,16,18H,5-6,9-15H2,1H3,(H,28,29)/t16-,18+/m0/s1. The number of hydrogen-bond acceptors (Lipinski definition) is 4. The van der Waals surface area contributed by atoms with Crippen LogP contribution in [0.5, 0.6) is 0 Å². The smallest absolute Gasteiger partial charge is 0.328 e. The third-order valence-electron chi connectivity index (χ3n) is 7.09. The van der Waals surface area contributed by atoms with E-state index in [1.165, 1.54) is 4.90 Å². The van der Waals surface area contributed by atoms with E-state index >= 15 is 0 Å². The summed E-state index contributed by atoms with van der Waals surface area (Å²) in [6.45, 7) is 2.68. The van der Waals surface area contributed by atoms with Gasteiger partial charge in [-0.05, 0) is 30.7 Å². The Morgan fingerprint density at radius 3 is 2.42 bits per heavy atom. The van der Waals surface area contributed by atoms with E-state index < -0.39 is 17.4 Å².